The van der Waals surface area contributed by atoms with Gasteiger partial charge in [0.15, 0.2) is 0 Å². The molecule has 4 nitrogen and oxygen atoms in total. The fourth-order valence-electron chi connectivity index (χ4n) is 1.53. The summed E-state index contributed by atoms with van der Waals surface area (Å²) < 4.78 is 10.8. The van der Waals surface area contributed by atoms with E-state index in [1.165, 1.54) is 0 Å². The van der Waals surface area contributed by atoms with E-state index in [-0.39, 0.29) is 11.8 Å². The Bertz CT molecular complexity index is 242. The van der Waals surface area contributed by atoms with Crippen LogP contribution in [0.1, 0.15) is 13.3 Å². The lowest BCUT2D eigenvalue weighted by molar-refractivity contribution is -0.126. The number of nitrogens with one attached hydrogen (secondary N) is 2. The van der Waals surface area contributed by atoms with E-state index in [9.17, 15) is 9.00 Å². The third-order valence-corrected chi connectivity index (χ3v) is 3.71. The molecule has 1 rings (SSSR count). The molecule has 0 radical (unpaired) electrons. The molecule has 0 aliphatic carbocycles. The lowest BCUT2D eigenvalue weighted by atomic mass is 9.88. The standard InChI is InChI=1S/C10H20N2O2S/c1-8(9-6-11-7-9)10(13)12-4-3-5-15(2)14/h8-9,11H,3-7H2,1-2H3,(H,12,13). The molecule has 88 valence electrons. The maximum Gasteiger partial charge on any atom is 0.223 e. The van der Waals surface area contributed by atoms with Crippen molar-refractivity contribution in [3.05, 3.63) is 0 Å². The minimum atomic E-state index is -0.751. The highest BCUT2D eigenvalue weighted by Crippen LogP contribution is 2.15. The molecule has 2 unspecified atom stereocenters. The molecule has 2 atom stereocenters. The van der Waals surface area contributed by atoms with Gasteiger partial charge in [-0.3, -0.25) is 9.00 Å². The fourth-order valence-corrected chi connectivity index (χ4v) is 2.08. The van der Waals surface area contributed by atoms with Crippen LogP contribution in [-0.2, 0) is 15.6 Å². The predicted octanol–water partition coefficient (Wildman–Crippen LogP) is -0.273. The molecule has 0 aromatic rings. The van der Waals surface area contributed by atoms with E-state index in [4.69, 9.17) is 0 Å². The Hall–Kier alpha value is -0.420. The van der Waals surface area contributed by atoms with E-state index in [1.807, 2.05) is 6.92 Å². The second-order valence-electron chi connectivity index (χ2n) is 4.13. The van der Waals surface area contributed by atoms with Gasteiger partial charge in [0.2, 0.25) is 5.91 Å². The van der Waals surface area contributed by atoms with Gasteiger partial charge >= 0.3 is 0 Å². The predicted molar refractivity (Wildman–Crippen MR) is 62.1 cm³/mol. The van der Waals surface area contributed by atoms with Gasteiger partial charge < -0.3 is 10.6 Å². The monoisotopic (exact) mass is 232 g/mol. The maximum absolute atomic E-state index is 11.6. The molecule has 1 aliphatic heterocycles. The van der Waals surface area contributed by atoms with Crippen molar-refractivity contribution >= 4 is 16.7 Å². The lowest BCUT2D eigenvalue weighted by Crippen LogP contribution is -2.49. The van der Waals surface area contributed by atoms with E-state index in [0.29, 0.717) is 18.2 Å². The van der Waals surface area contributed by atoms with E-state index < -0.39 is 10.8 Å². The molecule has 1 amide bonds. The molecule has 2 N–H and O–H groups in total. The van der Waals surface area contributed by atoms with Crippen molar-refractivity contribution in [1.82, 2.24) is 10.6 Å². The van der Waals surface area contributed by atoms with Crippen molar-refractivity contribution in [2.45, 2.75) is 13.3 Å². The highest BCUT2D eigenvalue weighted by atomic mass is 32.2. The average molecular weight is 232 g/mol. The first-order chi connectivity index (χ1) is 7.11. The van der Waals surface area contributed by atoms with E-state index in [0.717, 1.165) is 19.5 Å². The zero-order valence-electron chi connectivity index (χ0n) is 9.41. The van der Waals surface area contributed by atoms with Gasteiger partial charge in [0.25, 0.3) is 0 Å². The zero-order valence-corrected chi connectivity index (χ0v) is 10.2. The Morgan fingerprint density at radius 3 is 2.73 bits per heavy atom. The van der Waals surface area contributed by atoms with E-state index >= 15 is 0 Å². The Morgan fingerprint density at radius 2 is 2.27 bits per heavy atom. The fraction of sp³-hybridized carbons (Fsp3) is 0.900. The van der Waals surface area contributed by atoms with Gasteiger partial charge in [0.1, 0.15) is 0 Å². The molecule has 1 heterocycles. The number of rotatable bonds is 6. The van der Waals surface area contributed by atoms with E-state index in [2.05, 4.69) is 10.6 Å². The Balaban J connectivity index is 2.09. The molecule has 0 bridgehead atoms. The third-order valence-electron chi connectivity index (χ3n) is 2.84. The first kappa shape index (κ1) is 12.6. The molecule has 1 fully saturated rings. The first-order valence-corrected chi connectivity index (χ1v) is 7.12. The zero-order chi connectivity index (χ0) is 11.3. The van der Waals surface area contributed by atoms with Crippen LogP contribution in [0, 0.1) is 11.8 Å². The van der Waals surface area contributed by atoms with Gasteiger partial charge in [-0.15, -0.1) is 0 Å². The highest BCUT2D eigenvalue weighted by molar-refractivity contribution is 7.84. The van der Waals surface area contributed by atoms with Crippen LogP contribution >= 0.6 is 0 Å². The van der Waals surface area contributed by atoms with Crippen LogP contribution in [0.3, 0.4) is 0 Å². The molecular formula is C10H20N2O2S. The van der Waals surface area contributed by atoms with Crippen molar-refractivity contribution < 1.29 is 9.00 Å². The van der Waals surface area contributed by atoms with Crippen molar-refractivity contribution in [3.8, 4) is 0 Å². The largest absolute Gasteiger partial charge is 0.356 e. The quantitative estimate of drug-likeness (QED) is 0.620. The average Bonchev–Trinajstić information content (AvgIpc) is 2.08. The van der Waals surface area contributed by atoms with Crippen LogP contribution in [-0.4, -0.2) is 41.8 Å². The summed E-state index contributed by atoms with van der Waals surface area (Å²) in [5, 5.41) is 6.04. The van der Waals surface area contributed by atoms with Gasteiger partial charge in [0, 0.05) is 35.3 Å². The number of carbonyl (C=O) groups is 1. The molecular weight excluding hydrogens is 212 g/mol. The summed E-state index contributed by atoms with van der Waals surface area (Å²) in [7, 11) is -0.751. The summed E-state index contributed by atoms with van der Waals surface area (Å²) in [5.74, 6) is 1.38. The van der Waals surface area contributed by atoms with Crippen LogP contribution in [0.15, 0.2) is 0 Å². The lowest BCUT2D eigenvalue weighted by Gasteiger charge is -2.31. The molecule has 0 aromatic carbocycles. The molecule has 0 saturated carbocycles. The minimum Gasteiger partial charge on any atom is -0.356 e. The molecule has 1 saturated heterocycles. The summed E-state index contributed by atoms with van der Waals surface area (Å²) in [6.45, 7) is 4.52. The van der Waals surface area contributed by atoms with Crippen LogP contribution in [0.2, 0.25) is 0 Å². The topological polar surface area (TPSA) is 58.2 Å². The summed E-state index contributed by atoms with van der Waals surface area (Å²) >= 11 is 0. The van der Waals surface area contributed by atoms with Gasteiger partial charge in [-0.25, -0.2) is 0 Å². The van der Waals surface area contributed by atoms with Crippen molar-refractivity contribution in [1.29, 1.82) is 0 Å². The maximum atomic E-state index is 11.6. The first-order valence-electron chi connectivity index (χ1n) is 5.39. The Morgan fingerprint density at radius 1 is 1.60 bits per heavy atom. The summed E-state index contributed by atoms with van der Waals surface area (Å²) in [5.41, 5.74) is 0. The minimum absolute atomic E-state index is 0.0957. The third kappa shape index (κ3) is 4.30. The highest BCUT2D eigenvalue weighted by Gasteiger charge is 2.28. The van der Waals surface area contributed by atoms with Crippen molar-refractivity contribution in [2.75, 3.05) is 31.6 Å². The van der Waals surface area contributed by atoms with Gasteiger partial charge in [-0.2, -0.15) is 0 Å². The van der Waals surface area contributed by atoms with Gasteiger partial charge in [-0.1, -0.05) is 6.92 Å². The number of carbonyl (C=O) groups excluding carboxylic acids is 1. The molecule has 0 spiro atoms. The second-order valence-corrected chi connectivity index (χ2v) is 5.68. The summed E-state index contributed by atoms with van der Waals surface area (Å²) in [4.78, 5) is 11.6. The Labute approximate surface area is 93.7 Å². The normalized spacial score (nSPS) is 20.4. The second kappa shape index (κ2) is 6.23. The molecule has 0 aromatic heterocycles. The van der Waals surface area contributed by atoms with Crippen LogP contribution < -0.4 is 10.6 Å². The Kier molecular flexibility index (Phi) is 5.25. The smallest absolute Gasteiger partial charge is 0.223 e. The SMILES string of the molecule is CC(C(=O)NCCCS(C)=O)C1CNC1. The van der Waals surface area contributed by atoms with Gasteiger partial charge in [-0.05, 0) is 25.4 Å². The van der Waals surface area contributed by atoms with Crippen LogP contribution in [0.5, 0.6) is 0 Å². The number of amides is 1. The van der Waals surface area contributed by atoms with Gasteiger partial charge in [0.05, 0.1) is 0 Å². The van der Waals surface area contributed by atoms with Crippen molar-refractivity contribution in [3.63, 3.8) is 0 Å². The van der Waals surface area contributed by atoms with Crippen LogP contribution in [0.4, 0.5) is 0 Å². The molecule has 1 aliphatic rings. The number of hydrogen-bond acceptors (Lipinski definition) is 3. The molecule has 15 heavy (non-hydrogen) atoms. The van der Waals surface area contributed by atoms with Crippen molar-refractivity contribution in [2.24, 2.45) is 11.8 Å². The van der Waals surface area contributed by atoms with E-state index in [1.54, 1.807) is 6.26 Å². The number of hydrogen-bond donors (Lipinski definition) is 2. The summed E-state index contributed by atoms with van der Waals surface area (Å²) in [6, 6.07) is 0. The summed E-state index contributed by atoms with van der Waals surface area (Å²) in [6.07, 6.45) is 2.48. The van der Waals surface area contributed by atoms with Crippen LogP contribution in [0.25, 0.3) is 0 Å². The molecule has 5 heteroatoms.